The van der Waals surface area contributed by atoms with Gasteiger partial charge in [-0.05, 0) is 24.6 Å². The number of nitrogens with zero attached hydrogens (tertiary/aromatic N) is 3. The fourth-order valence-electron chi connectivity index (χ4n) is 3.33. The highest BCUT2D eigenvalue weighted by Crippen LogP contribution is 2.40. The van der Waals surface area contributed by atoms with E-state index in [2.05, 4.69) is 11.1 Å². The molecule has 1 unspecified atom stereocenters. The summed E-state index contributed by atoms with van der Waals surface area (Å²) in [6.45, 7) is 2.19. The normalized spacial score (nSPS) is 15.8. The molecule has 1 atom stereocenters. The van der Waals surface area contributed by atoms with Crippen LogP contribution in [0.5, 0.6) is 5.75 Å². The van der Waals surface area contributed by atoms with Gasteiger partial charge in [0.05, 0.1) is 30.6 Å². The van der Waals surface area contributed by atoms with Crippen LogP contribution in [0.15, 0.2) is 69.9 Å². The maximum Gasteiger partial charge on any atom is 0.259 e. The first kappa shape index (κ1) is 16.7. The van der Waals surface area contributed by atoms with Gasteiger partial charge in [0, 0.05) is 29.7 Å². The van der Waals surface area contributed by atoms with Crippen LogP contribution in [0.3, 0.4) is 0 Å². The zero-order valence-electron chi connectivity index (χ0n) is 14.5. The average molecular weight is 360 g/mol. The van der Waals surface area contributed by atoms with E-state index in [-0.39, 0.29) is 17.0 Å². The number of aryl methyl sites for hydroxylation is 1. The van der Waals surface area contributed by atoms with Crippen molar-refractivity contribution in [3.8, 4) is 11.8 Å². The standard InChI is InChI=1S/C20H16N4O3/c1-12-7-16-18(20(25)24(12)10-13-3-2-5-23-9-13)17(14-4-6-26-11-14)15(8-21)19(22)27-16/h2-7,9,11,17H,10,22H2,1H3. The van der Waals surface area contributed by atoms with Crippen LogP contribution in [0.1, 0.15) is 28.3 Å². The van der Waals surface area contributed by atoms with Gasteiger partial charge < -0.3 is 19.5 Å². The van der Waals surface area contributed by atoms with Crippen LogP contribution in [0, 0.1) is 18.3 Å². The maximum atomic E-state index is 13.4. The summed E-state index contributed by atoms with van der Waals surface area (Å²) in [7, 11) is 0. The van der Waals surface area contributed by atoms with Gasteiger partial charge in [0.1, 0.15) is 17.4 Å². The summed E-state index contributed by atoms with van der Waals surface area (Å²) < 4.78 is 12.4. The summed E-state index contributed by atoms with van der Waals surface area (Å²) in [5.74, 6) is -0.270. The Hall–Kier alpha value is -3.79. The molecule has 0 spiro atoms. The van der Waals surface area contributed by atoms with Gasteiger partial charge >= 0.3 is 0 Å². The van der Waals surface area contributed by atoms with E-state index in [9.17, 15) is 10.1 Å². The van der Waals surface area contributed by atoms with Crippen LogP contribution in [0.2, 0.25) is 0 Å². The maximum absolute atomic E-state index is 13.4. The van der Waals surface area contributed by atoms with Gasteiger partial charge in [0.25, 0.3) is 5.56 Å². The molecule has 1 aliphatic rings. The van der Waals surface area contributed by atoms with Crippen molar-refractivity contribution < 1.29 is 9.15 Å². The molecular formula is C20H16N4O3. The fourth-order valence-corrected chi connectivity index (χ4v) is 3.33. The van der Waals surface area contributed by atoms with E-state index in [4.69, 9.17) is 14.9 Å². The summed E-state index contributed by atoms with van der Waals surface area (Å²) in [5.41, 5.74) is 8.57. The SMILES string of the molecule is Cc1cc2c(c(=O)n1Cc1cccnc1)C(c1ccoc1)C(C#N)=C(N)O2. The highest BCUT2D eigenvalue weighted by Gasteiger charge is 2.34. The molecule has 0 aliphatic carbocycles. The lowest BCUT2D eigenvalue weighted by atomic mass is 9.85. The van der Waals surface area contributed by atoms with E-state index >= 15 is 0 Å². The summed E-state index contributed by atoms with van der Waals surface area (Å²) >= 11 is 0. The number of hydrogen-bond acceptors (Lipinski definition) is 6. The lowest BCUT2D eigenvalue weighted by Crippen LogP contribution is -2.32. The van der Waals surface area contributed by atoms with Crippen LogP contribution >= 0.6 is 0 Å². The van der Waals surface area contributed by atoms with Crippen molar-refractivity contribution in [1.82, 2.24) is 9.55 Å². The molecule has 0 amide bonds. The van der Waals surface area contributed by atoms with Crippen LogP contribution in [0.25, 0.3) is 0 Å². The molecule has 0 aromatic carbocycles. The topological polar surface area (TPSA) is 107 Å². The summed E-state index contributed by atoms with van der Waals surface area (Å²) in [6.07, 6.45) is 6.41. The van der Waals surface area contributed by atoms with E-state index < -0.39 is 5.92 Å². The molecule has 0 bridgehead atoms. The lowest BCUT2D eigenvalue weighted by Gasteiger charge is -2.26. The second-order valence-corrected chi connectivity index (χ2v) is 6.30. The van der Waals surface area contributed by atoms with Crippen molar-refractivity contribution in [2.24, 2.45) is 5.73 Å². The van der Waals surface area contributed by atoms with Crippen molar-refractivity contribution in [3.05, 3.63) is 93.4 Å². The molecule has 3 aromatic heterocycles. The van der Waals surface area contributed by atoms with E-state index in [1.807, 2.05) is 19.1 Å². The number of rotatable bonds is 3. The van der Waals surface area contributed by atoms with Gasteiger partial charge in [0.2, 0.25) is 5.88 Å². The molecule has 1 aliphatic heterocycles. The van der Waals surface area contributed by atoms with Gasteiger partial charge in [-0.3, -0.25) is 9.78 Å². The van der Waals surface area contributed by atoms with Gasteiger partial charge in [-0.1, -0.05) is 6.07 Å². The monoisotopic (exact) mass is 360 g/mol. The predicted octanol–water partition coefficient (Wildman–Crippen LogP) is 2.41. The third-order valence-corrected chi connectivity index (χ3v) is 4.63. The lowest BCUT2D eigenvalue weighted by molar-refractivity contribution is 0.388. The summed E-state index contributed by atoms with van der Waals surface area (Å²) in [4.78, 5) is 17.5. The van der Waals surface area contributed by atoms with Crippen molar-refractivity contribution in [2.45, 2.75) is 19.4 Å². The molecule has 0 saturated carbocycles. The molecule has 0 radical (unpaired) electrons. The zero-order chi connectivity index (χ0) is 19.0. The number of nitrogens with two attached hydrogens (primary N) is 1. The first-order chi connectivity index (χ1) is 13.1. The van der Waals surface area contributed by atoms with E-state index in [0.717, 1.165) is 11.3 Å². The molecule has 4 heterocycles. The summed E-state index contributed by atoms with van der Waals surface area (Å²) in [5, 5.41) is 9.59. The minimum absolute atomic E-state index is 0.00000868. The van der Waals surface area contributed by atoms with Gasteiger partial charge in [-0.2, -0.15) is 5.26 Å². The van der Waals surface area contributed by atoms with Crippen LogP contribution in [-0.4, -0.2) is 9.55 Å². The number of ether oxygens (including phenoxy) is 1. The number of allylic oxidation sites excluding steroid dienone is 1. The van der Waals surface area contributed by atoms with Crippen LogP contribution in [-0.2, 0) is 6.54 Å². The Morgan fingerprint density at radius 1 is 1.41 bits per heavy atom. The third-order valence-electron chi connectivity index (χ3n) is 4.63. The smallest absolute Gasteiger partial charge is 0.259 e. The Labute approximate surface area is 154 Å². The quantitative estimate of drug-likeness (QED) is 0.768. The average Bonchev–Trinajstić information content (AvgIpc) is 3.19. The van der Waals surface area contributed by atoms with Gasteiger partial charge in [-0.15, -0.1) is 0 Å². The molecule has 2 N–H and O–H groups in total. The van der Waals surface area contributed by atoms with Gasteiger partial charge in [0.15, 0.2) is 0 Å². The molecule has 0 fully saturated rings. The molecular weight excluding hydrogens is 344 g/mol. The van der Waals surface area contributed by atoms with Crippen molar-refractivity contribution in [2.75, 3.05) is 0 Å². The number of furan rings is 1. The Kier molecular flexibility index (Phi) is 4.01. The number of aromatic nitrogens is 2. The number of pyridine rings is 2. The second kappa shape index (κ2) is 6.50. The molecule has 0 saturated heterocycles. The Morgan fingerprint density at radius 2 is 2.26 bits per heavy atom. The van der Waals surface area contributed by atoms with E-state index in [0.29, 0.717) is 23.4 Å². The van der Waals surface area contributed by atoms with E-state index in [1.54, 1.807) is 29.1 Å². The number of hydrogen-bond donors (Lipinski definition) is 1. The van der Waals surface area contributed by atoms with Gasteiger partial charge in [-0.25, -0.2) is 0 Å². The first-order valence-corrected chi connectivity index (χ1v) is 8.33. The Bertz CT molecular complexity index is 1120. The molecule has 7 nitrogen and oxygen atoms in total. The molecule has 134 valence electrons. The predicted molar refractivity (Wildman–Crippen MR) is 96.8 cm³/mol. The molecule has 3 aromatic rings. The van der Waals surface area contributed by atoms with Crippen LogP contribution in [0.4, 0.5) is 0 Å². The van der Waals surface area contributed by atoms with Crippen molar-refractivity contribution in [3.63, 3.8) is 0 Å². The molecule has 4 rings (SSSR count). The highest BCUT2D eigenvalue weighted by molar-refractivity contribution is 5.54. The molecule has 27 heavy (non-hydrogen) atoms. The minimum atomic E-state index is -0.634. The first-order valence-electron chi connectivity index (χ1n) is 8.33. The minimum Gasteiger partial charge on any atom is -0.472 e. The number of nitriles is 1. The zero-order valence-corrected chi connectivity index (χ0v) is 14.5. The Morgan fingerprint density at radius 3 is 2.93 bits per heavy atom. The third kappa shape index (κ3) is 2.77. The van der Waals surface area contributed by atoms with Crippen LogP contribution < -0.4 is 16.0 Å². The van der Waals surface area contributed by atoms with Crippen molar-refractivity contribution in [1.29, 1.82) is 5.26 Å². The van der Waals surface area contributed by atoms with Crippen molar-refractivity contribution >= 4 is 0 Å². The van der Waals surface area contributed by atoms with E-state index in [1.165, 1.54) is 12.5 Å². The summed E-state index contributed by atoms with van der Waals surface area (Å²) in [6, 6.07) is 9.28. The second-order valence-electron chi connectivity index (χ2n) is 6.30. The fraction of sp³-hybridized carbons (Fsp3) is 0.150. The largest absolute Gasteiger partial charge is 0.472 e. The highest BCUT2D eigenvalue weighted by atomic mass is 16.5. The number of fused-ring (bicyclic) bond motifs is 1. The Balaban J connectivity index is 1.92. The molecule has 7 heteroatoms.